The van der Waals surface area contributed by atoms with Crippen molar-refractivity contribution in [2.45, 2.75) is 53.1 Å². The maximum atomic E-state index is 5.92. The third-order valence-corrected chi connectivity index (χ3v) is 2.80. The van der Waals surface area contributed by atoms with Crippen molar-refractivity contribution in [2.75, 3.05) is 32.9 Å². The summed E-state index contributed by atoms with van der Waals surface area (Å²) in [4.78, 5) is 0. The Labute approximate surface area is 107 Å². The summed E-state index contributed by atoms with van der Waals surface area (Å²) in [6.07, 6.45) is 2.19. The van der Waals surface area contributed by atoms with Gasteiger partial charge < -0.3 is 14.8 Å². The summed E-state index contributed by atoms with van der Waals surface area (Å²) >= 11 is 0. The molecular weight excluding hydrogens is 214 g/mol. The zero-order valence-electron chi connectivity index (χ0n) is 12.3. The lowest BCUT2D eigenvalue weighted by Crippen LogP contribution is -2.41. The van der Waals surface area contributed by atoms with E-state index in [-0.39, 0.29) is 5.60 Å². The van der Waals surface area contributed by atoms with Gasteiger partial charge in [-0.25, -0.2) is 0 Å². The van der Waals surface area contributed by atoms with Crippen LogP contribution in [0.2, 0.25) is 0 Å². The Balaban J connectivity index is 3.64. The van der Waals surface area contributed by atoms with Crippen molar-refractivity contribution in [3.63, 3.8) is 0 Å². The van der Waals surface area contributed by atoms with Gasteiger partial charge in [0.2, 0.25) is 0 Å². The number of rotatable bonds is 11. The van der Waals surface area contributed by atoms with Crippen molar-refractivity contribution in [1.82, 2.24) is 5.32 Å². The second-order valence-corrected chi connectivity index (χ2v) is 5.30. The molecule has 0 aromatic heterocycles. The molecule has 0 amide bonds. The van der Waals surface area contributed by atoms with Crippen LogP contribution in [0.3, 0.4) is 0 Å². The smallest absolute Gasteiger partial charge is 0.0776 e. The largest absolute Gasteiger partial charge is 0.379 e. The molecule has 0 aliphatic heterocycles. The van der Waals surface area contributed by atoms with Crippen LogP contribution in [0.5, 0.6) is 0 Å². The van der Waals surface area contributed by atoms with Crippen LogP contribution >= 0.6 is 0 Å². The number of nitrogens with one attached hydrogen (secondary N) is 1. The van der Waals surface area contributed by atoms with E-state index in [0.717, 1.165) is 32.5 Å². The molecule has 0 radical (unpaired) electrons. The highest BCUT2D eigenvalue weighted by atomic mass is 16.5. The molecule has 1 atom stereocenters. The first-order valence-electron chi connectivity index (χ1n) is 6.96. The molecule has 0 saturated carbocycles. The van der Waals surface area contributed by atoms with E-state index in [1.807, 2.05) is 0 Å². The van der Waals surface area contributed by atoms with Gasteiger partial charge in [-0.3, -0.25) is 0 Å². The van der Waals surface area contributed by atoms with E-state index in [1.54, 1.807) is 0 Å². The van der Waals surface area contributed by atoms with Crippen LogP contribution in [0.4, 0.5) is 0 Å². The highest BCUT2D eigenvalue weighted by molar-refractivity contribution is 4.76. The summed E-state index contributed by atoms with van der Waals surface area (Å²) in [5, 5.41) is 3.42. The van der Waals surface area contributed by atoms with E-state index in [1.165, 1.54) is 0 Å². The van der Waals surface area contributed by atoms with Gasteiger partial charge >= 0.3 is 0 Å². The van der Waals surface area contributed by atoms with Crippen molar-refractivity contribution in [3.05, 3.63) is 0 Å². The molecule has 0 rings (SSSR count). The van der Waals surface area contributed by atoms with E-state index < -0.39 is 0 Å². The molecule has 0 heterocycles. The molecule has 0 aliphatic rings. The third-order valence-electron chi connectivity index (χ3n) is 2.80. The van der Waals surface area contributed by atoms with E-state index in [9.17, 15) is 0 Å². The van der Waals surface area contributed by atoms with Crippen LogP contribution in [0.25, 0.3) is 0 Å². The number of ether oxygens (including phenoxy) is 2. The summed E-state index contributed by atoms with van der Waals surface area (Å²) in [6, 6.07) is 0. The number of hydrogen-bond donors (Lipinski definition) is 1. The van der Waals surface area contributed by atoms with Gasteiger partial charge in [0, 0.05) is 13.2 Å². The van der Waals surface area contributed by atoms with E-state index in [2.05, 4.69) is 39.9 Å². The Morgan fingerprint density at radius 3 is 2.41 bits per heavy atom. The quantitative estimate of drug-likeness (QED) is 0.568. The Kier molecular flexibility index (Phi) is 9.79. The molecule has 0 aromatic carbocycles. The minimum Gasteiger partial charge on any atom is -0.379 e. The van der Waals surface area contributed by atoms with Gasteiger partial charge in [-0.1, -0.05) is 27.7 Å². The zero-order valence-corrected chi connectivity index (χ0v) is 12.3. The van der Waals surface area contributed by atoms with E-state index in [4.69, 9.17) is 9.47 Å². The van der Waals surface area contributed by atoms with Crippen LogP contribution in [0, 0.1) is 5.92 Å². The summed E-state index contributed by atoms with van der Waals surface area (Å²) in [5.41, 5.74) is -0.0592. The minimum atomic E-state index is -0.0592. The molecule has 0 bridgehead atoms. The fourth-order valence-electron chi connectivity index (χ4n) is 1.47. The highest BCUT2D eigenvalue weighted by Crippen LogP contribution is 2.13. The van der Waals surface area contributed by atoms with Gasteiger partial charge in [0.1, 0.15) is 0 Å². The maximum Gasteiger partial charge on any atom is 0.0776 e. The Bertz CT molecular complexity index is 174. The molecule has 3 heteroatoms. The first-order valence-corrected chi connectivity index (χ1v) is 6.96. The number of hydrogen-bond acceptors (Lipinski definition) is 3. The second-order valence-electron chi connectivity index (χ2n) is 5.30. The van der Waals surface area contributed by atoms with Crippen LogP contribution in [0.1, 0.15) is 47.5 Å². The van der Waals surface area contributed by atoms with Crippen LogP contribution in [-0.2, 0) is 9.47 Å². The monoisotopic (exact) mass is 245 g/mol. The average molecular weight is 245 g/mol. The molecule has 3 nitrogen and oxygen atoms in total. The molecular formula is C14H31NO2. The van der Waals surface area contributed by atoms with Gasteiger partial charge in [0.15, 0.2) is 0 Å². The van der Waals surface area contributed by atoms with Crippen molar-refractivity contribution in [1.29, 1.82) is 0 Å². The highest BCUT2D eigenvalue weighted by Gasteiger charge is 2.21. The van der Waals surface area contributed by atoms with E-state index in [0.29, 0.717) is 19.1 Å². The first kappa shape index (κ1) is 16.9. The molecule has 0 aliphatic carbocycles. The van der Waals surface area contributed by atoms with Crippen molar-refractivity contribution in [3.8, 4) is 0 Å². The molecule has 1 unspecified atom stereocenters. The van der Waals surface area contributed by atoms with Crippen LogP contribution in [-0.4, -0.2) is 38.5 Å². The lowest BCUT2D eigenvalue weighted by Gasteiger charge is -2.29. The first-order chi connectivity index (χ1) is 8.04. The predicted octanol–water partition coefficient (Wildman–Crippen LogP) is 2.84. The SMILES string of the molecule is CCCNCC(C)(CC)OCCOCC(C)C. The standard InChI is InChI=1S/C14H31NO2/c1-6-8-15-12-14(5,7-2)17-10-9-16-11-13(3)4/h13,15H,6-12H2,1-5H3. The van der Waals surface area contributed by atoms with E-state index >= 15 is 0 Å². The molecule has 1 N–H and O–H groups in total. The predicted molar refractivity (Wildman–Crippen MR) is 73.5 cm³/mol. The summed E-state index contributed by atoms with van der Waals surface area (Å²) in [7, 11) is 0. The van der Waals surface area contributed by atoms with Crippen molar-refractivity contribution < 1.29 is 9.47 Å². The minimum absolute atomic E-state index is 0.0592. The molecule has 0 fully saturated rings. The summed E-state index contributed by atoms with van der Waals surface area (Å²) in [6.45, 7) is 15.0. The topological polar surface area (TPSA) is 30.5 Å². The second kappa shape index (κ2) is 9.86. The Hall–Kier alpha value is -0.120. The lowest BCUT2D eigenvalue weighted by molar-refractivity contribution is -0.0597. The maximum absolute atomic E-state index is 5.92. The summed E-state index contributed by atoms with van der Waals surface area (Å²) in [5.74, 6) is 0.596. The Morgan fingerprint density at radius 1 is 1.18 bits per heavy atom. The summed E-state index contributed by atoms with van der Waals surface area (Å²) < 4.78 is 11.4. The van der Waals surface area contributed by atoms with Gasteiger partial charge in [0.25, 0.3) is 0 Å². The van der Waals surface area contributed by atoms with Gasteiger partial charge in [-0.05, 0) is 32.2 Å². The molecule has 104 valence electrons. The van der Waals surface area contributed by atoms with Gasteiger partial charge in [-0.15, -0.1) is 0 Å². The van der Waals surface area contributed by atoms with Crippen molar-refractivity contribution >= 4 is 0 Å². The molecule has 0 spiro atoms. The molecule has 17 heavy (non-hydrogen) atoms. The normalized spacial score (nSPS) is 15.2. The third kappa shape index (κ3) is 9.57. The van der Waals surface area contributed by atoms with Crippen LogP contribution in [0.15, 0.2) is 0 Å². The van der Waals surface area contributed by atoms with Crippen molar-refractivity contribution in [2.24, 2.45) is 5.92 Å². The fraction of sp³-hybridized carbons (Fsp3) is 1.00. The van der Waals surface area contributed by atoms with Gasteiger partial charge in [-0.2, -0.15) is 0 Å². The lowest BCUT2D eigenvalue weighted by atomic mass is 10.0. The zero-order chi connectivity index (χ0) is 13.1. The van der Waals surface area contributed by atoms with Gasteiger partial charge in [0.05, 0.1) is 18.8 Å². The molecule has 0 saturated heterocycles. The Morgan fingerprint density at radius 2 is 1.88 bits per heavy atom. The molecule has 0 aromatic rings. The average Bonchev–Trinajstić information content (AvgIpc) is 2.28. The van der Waals surface area contributed by atoms with Crippen LogP contribution < -0.4 is 5.32 Å². The fourth-order valence-corrected chi connectivity index (χ4v) is 1.47.